The third-order valence-corrected chi connectivity index (χ3v) is 4.15. The normalized spacial score (nSPS) is 10.9. The van der Waals surface area contributed by atoms with Gasteiger partial charge in [-0.1, -0.05) is 12.1 Å². The second-order valence-electron chi connectivity index (χ2n) is 5.12. The van der Waals surface area contributed by atoms with Crippen molar-refractivity contribution >= 4 is 29.2 Å². The summed E-state index contributed by atoms with van der Waals surface area (Å²) in [6, 6.07) is 9.09. The number of amides is 2. The standard InChI is InChI=1S/C18H20N2O4S/c1-12(21)20-15(18(22)19-11-14-5-4-8-25-14)9-13-6-7-16(23-2)17(10-13)24-3/h4-10H,11H2,1-3H3,(H,19,22)(H,20,21). The molecule has 0 saturated heterocycles. The van der Waals surface area contributed by atoms with Crippen molar-refractivity contribution in [2.24, 2.45) is 0 Å². The van der Waals surface area contributed by atoms with Crippen molar-refractivity contribution in [3.05, 3.63) is 51.8 Å². The first kappa shape index (κ1) is 18.5. The lowest BCUT2D eigenvalue weighted by Gasteiger charge is -2.11. The number of hydrogen-bond acceptors (Lipinski definition) is 5. The van der Waals surface area contributed by atoms with Gasteiger partial charge < -0.3 is 20.1 Å². The molecule has 0 aliphatic carbocycles. The van der Waals surface area contributed by atoms with Gasteiger partial charge in [0.2, 0.25) is 5.91 Å². The minimum Gasteiger partial charge on any atom is -0.493 e. The fraction of sp³-hybridized carbons (Fsp3) is 0.222. The van der Waals surface area contributed by atoms with Crippen LogP contribution in [-0.2, 0) is 16.1 Å². The molecule has 0 aliphatic heterocycles. The zero-order chi connectivity index (χ0) is 18.2. The number of rotatable bonds is 7. The Morgan fingerprint density at radius 1 is 1.16 bits per heavy atom. The maximum atomic E-state index is 12.4. The second kappa shape index (κ2) is 8.89. The lowest BCUT2D eigenvalue weighted by Crippen LogP contribution is -2.33. The summed E-state index contributed by atoms with van der Waals surface area (Å²) < 4.78 is 10.5. The molecule has 0 aliphatic rings. The zero-order valence-corrected chi connectivity index (χ0v) is 15.1. The summed E-state index contributed by atoms with van der Waals surface area (Å²) in [5.41, 5.74) is 0.865. The van der Waals surface area contributed by atoms with Gasteiger partial charge in [-0.25, -0.2) is 0 Å². The summed E-state index contributed by atoms with van der Waals surface area (Å²) >= 11 is 1.55. The monoisotopic (exact) mass is 360 g/mol. The number of benzene rings is 1. The largest absolute Gasteiger partial charge is 0.493 e. The molecule has 0 atom stereocenters. The molecule has 7 heteroatoms. The number of hydrogen-bond donors (Lipinski definition) is 2. The molecule has 0 radical (unpaired) electrons. The number of carbonyl (C=O) groups is 2. The van der Waals surface area contributed by atoms with Crippen molar-refractivity contribution in [2.75, 3.05) is 14.2 Å². The van der Waals surface area contributed by atoms with Gasteiger partial charge in [-0.3, -0.25) is 9.59 Å². The molecule has 25 heavy (non-hydrogen) atoms. The van der Waals surface area contributed by atoms with Crippen LogP contribution in [-0.4, -0.2) is 26.0 Å². The summed E-state index contributed by atoms with van der Waals surface area (Å²) in [4.78, 5) is 24.9. The van der Waals surface area contributed by atoms with Crippen molar-refractivity contribution in [1.29, 1.82) is 0 Å². The van der Waals surface area contributed by atoms with Gasteiger partial charge in [0.25, 0.3) is 5.91 Å². The van der Waals surface area contributed by atoms with E-state index in [0.717, 1.165) is 4.88 Å². The number of thiophene rings is 1. The van der Waals surface area contributed by atoms with E-state index in [1.807, 2.05) is 17.5 Å². The summed E-state index contributed by atoms with van der Waals surface area (Å²) in [6.07, 6.45) is 1.59. The topological polar surface area (TPSA) is 76.7 Å². The Labute approximate surface area is 150 Å². The Morgan fingerprint density at radius 2 is 1.92 bits per heavy atom. The van der Waals surface area contributed by atoms with E-state index in [4.69, 9.17) is 9.47 Å². The van der Waals surface area contributed by atoms with Crippen molar-refractivity contribution < 1.29 is 19.1 Å². The zero-order valence-electron chi connectivity index (χ0n) is 14.3. The highest BCUT2D eigenvalue weighted by molar-refractivity contribution is 7.09. The maximum absolute atomic E-state index is 12.4. The van der Waals surface area contributed by atoms with Crippen LogP contribution >= 0.6 is 11.3 Å². The average molecular weight is 360 g/mol. The van der Waals surface area contributed by atoms with Gasteiger partial charge in [0, 0.05) is 11.8 Å². The van der Waals surface area contributed by atoms with Gasteiger partial charge in [-0.2, -0.15) is 0 Å². The van der Waals surface area contributed by atoms with Crippen LogP contribution in [0, 0.1) is 0 Å². The first-order chi connectivity index (χ1) is 12.0. The van der Waals surface area contributed by atoms with Crippen LogP contribution in [0.3, 0.4) is 0 Å². The quantitative estimate of drug-likeness (QED) is 0.744. The first-order valence-electron chi connectivity index (χ1n) is 7.55. The van der Waals surface area contributed by atoms with Crippen molar-refractivity contribution in [1.82, 2.24) is 10.6 Å². The van der Waals surface area contributed by atoms with Crippen LogP contribution < -0.4 is 20.1 Å². The summed E-state index contributed by atoms with van der Waals surface area (Å²) in [5.74, 6) is 0.441. The molecule has 0 saturated carbocycles. The molecule has 1 aromatic carbocycles. The van der Waals surface area contributed by atoms with E-state index in [1.54, 1.807) is 42.7 Å². The molecule has 2 amide bonds. The minimum atomic E-state index is -0.363. The predicted molar refractivity (Wildman–Crippen MR) is 97.5 cm³/mol. The van der Waals surface area contributed by atoms with Gasteiger partial charge >= 0.3 is 0 Å². The maximum Gasteiger partial charge on any atom is 0.268 e. The molecule has 0 bridgehead atoms. The molecular weight excluding hydrogens is 340 g/mol. The summed E-state index contributed by atoms with van der Waals surface area (Å²) in [7, 11) is 3.09. The molecule has 1 heterocycles. The van der Waals surface area contributed by atoms with Crippen LogP contribution in [0.4, 0.5) is 0 Å². The summed E-state index contributed by atoms with van der Waals surface area (Å²) in [5, 5.41) is 7.30. The Morgan fingerprint density at radius 3 is 2.52 bits per heavy atom. The molecule has 0 unspecified atom stereocenters. The van der Waals surface area contributed by atoms with Gasteiger partial charge in [0.1, 0.15) is 5.70 Å². The first-order valence-corrected chi connectivity index (χ1v) is 8.43. The highest BCUT2D eigenvalue weighted by Crippen LogP contribution is 2.28. The molecule has 2 aromatic rings. The SMILES string of the molecule is COc1ccc(C=C(NC(C)=O)C(=O)NCc2cccs2)cc1OC. The molecule has 0 fully saturated rings. The smallest absolute Gasteiger partial charge is 0.268 e. The van der Waals surface area contributed by atoms with Gasteiger partial charge in [-0.05, 0) is 35.2 Å². The van der Waals surface area contributed by atoms with Crippen LogP contribution in [0.2, 0.25) is 0 Å². The third-order valence-electron chi connectivity index (χ3n) is 3.28. The Kier molecular flexibility index (Phi) is 6.59. The molecule has 2 rings (SSSR count). The van der Waals surface area contributed by atoms with Gasteiger partial charge in [0.05, 0.1) is 20.8 Å². The summed E-state index contributed by atoms with van der Waals surface area (Å²) in [6.45, 7) is 1.76. The van der Waals surface area contributed by atoms with Crippen LogP contribution in [0.1, 0.15) is 17.4 Å². The fourth-order valence-electron chi connectivity index (χ4n) is 2.13. The number of ether oxygens (including phenoxy) is 2. The molecule has 0 spiro atoms. The lowest BCUT2D eigenvalue weighted by molar-refractivity contribution is -0.122. The van der Waals surface area contributed by atoms with E-state index in [0.29, 0.717) is 23.6 Å². The molecule has 6 nitrogen and oxygen atoms in total. The molecular formula is C18H20N2O4S. The van der Waals surface area contributed by atoms with E-state index in [-0.39, 0.29) is 17.5 Å². The second-order valence-corrected chi connectivity index (χ2v) is 6.15. The van der Waals surface area contributed by atoms with E-state index in [2.05, 4.69) is 10.6 Å². The number of carbonyl (C=O) groups excluding carboxylic acids is 2. The van der Waals surface area contributed by atoms with Crippen LogP contribution in [0.15, 0.2) is 41.4 Å². The van der Waals surface area contributed by atoms with Crippen LogP contribution in [0.5, 0.6) is 11.5 Å². The highest BCUT2D eigenvalue weighted by Gasteiger charge is 2.12. The minimum absolute atomic E-state index is 0.163. The average Bonchev–Trinajstić information content (AvgIpc) is 3.12. The van der Waals surface area contributed by atoms with E-state index < -0.39 is 0 Å². The number of nitrogens with one attached hydrogen (secondary N) is 2. The number of methoxy groups -OCH3 is 2. The predicted octanol–water partition coefficient (Wildman–Crippen LogP) is 2.56. The molecule has 2 N–H and O–H groups in total. The molecule has 1 aromatic heterocycles. The van der Waals surface area contributed by atoms with E-state index >= 15 is 0 Å². The van der Waals surface area contributed by atoms with Crippen molar-refractivity contribution in [3.63, 3.8) is 0 Å². The Hall–Kier alpha value is -2.80. The molecule has 132 valence electrons. The van der Waals surface area contributed by atoms with Crippen molar-refractivity contribution in [2.45, 2.75) is 13.5 Å². The Balaban J connectivity index is 2.21. The van der Waals surface area contributed by atoms with Crippen LogP contribution in [0.25, 0.3) is 6.08 Å². The van der Waals surface area contributed by atoms with Crippen molar-refractivity contribution in [3.8, 4) is 11.5 Å². The Bertz CT molecular complexity index is 769. The van der Waals surface area contributed by atoms with E-state index in [9.17, 15) is 9.59 Å². The third kappa shape index (κ3) is 5.36. The van der Waals surface area contributed by atoms with Gasteiger partial charge in [0.15, 0.2) is 11.5 Å². The van der Waals surface area contributed by atoms with E-state index in [1.165, 1.54) is 14.0 Å². The highest BCUT2D eigenvalue weighted by atomic mass is 32.1. The fourth-order valence-corrected chi connectivity index (χ4v) is 2.78. The lowest BCUT2D eigenvalue weighted by atomic mass is 10.1. The van der Waals surface area contributed by atoms with Gasteiger partial charge in [-0.15, -0.1) is 11.3 Å².